The highest BCUT2D eigenvalue weighted by Gasteiger charge is 2.10. The first kappa shape index (κ1) is 15.3. The number of allylic oxidation sites excluding steroid dienone is 1. The van der Waals surface area contributed by atoms with Crippen molar-refractivity contribution in [2.75, 3.05) is 0 Å². The van der Waals surface area contributed by atoms with E-state index in [1.807, 2.05) is 6.08 Å². The molecule has 3 heteroatoms. The second-order valence-electron chi connectivity index (χ2n) is 5.26. The van der Waals surface area contributed by atoms with Crippen LogP contribution in [-0.4, -0.2) is 4.57 Å². The summed E-state index contributed by atoms with van der Waals surface area (Å²) in [6.45, 7) is 4.88. The van der Waals surface area contributed by atoms with Crippen LogP contribution in [0.5, 0.6) is 0 Å². The summed E-state index contributed by atoms with van der Waals surface area (Å²) in [5.41, 5.74) is 2.71. The third-order valence-electron chi connectivity index (χ3n) is 3.83. The second-order valence-corrected chi connectivity index (χ2v) is 7.75. The number of hydrogen-bond acceptors (Lipinski definition) is 0. The Bertz CT molecular complexity index is 742. The van der Waals surface area contributed by atoms with Crippen LogP contribution in [0.15, 0.2) is 49.1 Å². The van der Waals surface area contributed by atoms with Gasteiger partial charge in [0.1, 0.15) is 0 Å². The predicted octanol–water partition coefficient (Wildman–Crippen LogP) is 6.36. The van der Waals surface area contributed by atoms with E-state index in [0.29, 0.717) is 0 Å². The molecule has 1 heterocycles. The first-order valence-corrected chi connectivity index (χ1v) is 9.34. The normalized spacial score (nSPS) is 11.3. The van der Waals surface area contributed by atoms with Crippen LogP contribution in [0.3, 0.4) is 0 Å². The van der Waals surface area contributed by atoms with Crippen molar-refractivity contribution >= 4 is 67.0 Å². The number of hydrogen-bond donors (Lipinski definition) is 0. The standard InChI is InChI=1S/C18H17I2N/c1-2-3-4-5-10-21-17-8-6-13(19)11-15(17)16-12-14(20)7-9-18(16)21/h2,6-9,11-12H,1,3-5,10H2. The molecule has 0 aliphatic rings. The lowest BCUT2D eigenvalue weighted by Crippen LogP contribution is -1.97. The maximum Gasteiger partial charge on any atom is 0.0492 e. The lowest BCUT2D eigenvalue weighted by atomic mass is 10.2. The fraction of sp³-hybridized carbons (Fsp3) is 0.222. The third-order valence-corrected chi connectivity index (χ3v) is 5.17. The summed E-state index contributed by atoms with van der Waals surface area (Å²) < 4.78 is 5.06. The molecule has 0 saturated heterocycles. The first-order chi connectivity index (χ1) is 10.2. The largest absolute Gasteiger partial charge is 0.340 e. The van der Waals surface area contributed by atoms with Crippen LogP contribution < -0.4 is 0 Å². The summed E-state index contributed by atoms with van der Waals surface area (Å²) in [6.07, 6.45) is 5.52. The Hall–Kier alpha value is -0.560. The number of rotatable bonds is 5. The van der Waals surface area contributed by atoms with Crippen molar-refractivity contribution < 1.29 is 0 Å². The van der Waals surface area contributed by atoms with Crippen molar-refractivity contribution in [1.82, 2.24) is 4.57 Å². The molecule has 2 aromatic carbocycles. The van der Waals surface area contributed by atoms with Crippen LogP contribution in [0.2, 0.25) is 0 Å². The van der Waals surface area contributed by atoms with E-state index in [-0.39, 0.29) is 0 Å². The van der Waals surface area contributed by atoms with Crippen LogP contribution >= 0.6 is 45.2 Å². The smallest absolute Gasteiger partial charge is 0.0492 e. The van der Waals surface area contributed by atoms with Crippen LogP contribution in [0.4, 0.5) is 0 Å². The minimum atomic E-state index is 1.08. The van der Waals surface area contributed by atoms with E-state index >= 15 is 0 Å². The van der Waals surface area contributed by atoms with Crippen LogP contribution in [0.25, 0.3) is 21.8 Å². The number of unbranched alkanes of at least 4 members (excludes halogenated alkanes) is 2. The van der Waals surface area contributed by atoms with Gasteiger partial charge in [-0.1, -0.05) is 6.08 Å². The van der Waals surface area contributed by atoms with Crippen molar-refractivity contribution in [2.24, 2.45) is 0 Å². The van der Waals surface area contributed by atoms with Crippen molar-refractivity contribution in [3.05, 3.63) is 56.2 Å². The van der Waals surface area contributed by atoms with Gasteiger partial charge in [0.2, 0.25) is 0 Å². The summed E-state index contributed by atoms with van der Waals surface area (Å²) in [7, 11) is 0. The number of benzene rings is 2. The lowest BCUT2D eigenvalue weighted by Gasteiger charge is -2.07. The van der Waals surface area contributed by atoms with Gasteiger partial charge in [0.05, 0.1) is 0 Å². The van der Waals surface area contributed by atoms with Gasteiger partial charge in [0, 0.05) is 35.5 Å². The van der Waals surface area contributed by atoms with Crippen LogP contribution in [0, 0.1) is 7.14 Å². The van der Waals surface area contributed by atoms with E-state index in [9.17, 15) is 0 Å². The molecule has 0 unspecified atom stereocenters. The molecule has 0 saturated carbocycles. The summed E-state index contributed by atoms with van der Waals surface area (Å²) in [5, 5.41) is 2.75. The molecule has 0 fully saturated rings. The van der Waals surface area contributed by atoms with Gasteiger partial charge in [0.15, 0.2) is 0 Å². The number of halogens is 2. The molecule has 0 spiro atoms. The van der Waals surface area contributed by atoms with Gasteiger partial charge in [-0.2, -0.15) is 0 Å². The van der Waals surface area contributed by atoms with Gasteiger partial charge < -0.3 is 4.57 Å². The molecule has 0 atom stereocenters. The quantitative estimate of drug-likeness (QED) is 0.218. The average molecular weight is 501 g/mol. The fourth-order valence-electron chi connectivity index (χ4n) is 2.85. The highest BCUT2D eigenvalue weighted by molar-refractivity contribution is 14.1. The molecule has 3 aromatic rings. The van der Waals surface area contributed by atoms with Gasteiger partial charge in [-0.05, 0) is 101 Å². The lowest BCUT2D eigenvalue weighted by molar-refractivity contribution is 0.642. The van der Waals surface area contributed by atoms with Crippen molar-refractivity contribution in [3.8, 4) is 0 Å². The third kappa shape index (κ3) is 3.13. The summed E-state index contributed by atoms with van der Waals surface area (Å²) >= 11 is 4.79. The molecule has 0 bridgehead atoms. The molecule has 0 radical (unpaired) electrons. The van der Waals surface area contributed by atoms with Crippen molar-refractivity contribution in [2.45, 2.75) is 25.8 Å². The van der Waals surface area contributed by atoms with Gasteiger partial charge in [0.25, 0.3) is 0 Å². The molecule has 0 amide bonds. The van der Waals surface area contributed by atoms with E-state index in [0.717, 1.165) is 13.0 Å². The summed E-state index contributed by atoms with van der Waals surface area (Å²) in [6, 6.07) is 13.5. The SMILES string of the molecule is C=CCCCCn1c2ccc(I)cc2c2cc(I)ccc21. The first-order valence-electron chi connectivity index (χ1n) is 7.18. The van der Waals surface area contributed by atoms with E-state index in [1.165, 1.54) is 41.8 Å². The second kappa shape index (κ2) is 6.69. The highest BCUT2D eigenvalue weighted by Crippen LogP contribution is 2.31. The Kier molecular flexibility index (Phi) is 4.88. The highest BCUT2D eigenvalue weighted by atomic mass is 127. The van der Waals surface area contributed by atoms with Gasteiger partial charge in [-0.15, -0.1) is 6.58 Å². The maximum atomic E-state index is 3.81. The van der Waals surface area contributed by atoms with E-state index in [2.05, 4.69) is 92.7 Å². The van der Waals surface area contributed by atoms with Gasteiger partial charge in [-0.3, -0.25) is 0 Å². The number of nitrogens with zero attached hydrogens (tertiary/aromatic N) is 1. The topological polar surface area (TPSA) is 4.93 Å². The summed E-state index contributed by atoms with van der Waals surface area (Å²) in [5.74, 6) is 0. The van der Waals surface area contributed by atoms with E-state index < -0.39 is 0 Å². The van der Waals surface area contributed by atoms with Crippen LogP contribution in [-0.2, 0) is 6.54 Å². The molecular weight excluding hydrogens is 484 g/mol. The van der Waals surface area contributed by atoms with Crippen molar-refractivity contribution in [1.29, 1.82) is 0 Å². The molecule has 3 rings (SSSR count). The minimum Gasteiger partial charge on any atom is -0.340 e. The molecule has 0 N–H and O–H groups in total. The fourth-order valence-corrected chi connectivity index (χ4v) is 3.83. The zero-order valence-electron chi connectivity index (χ0n) is 11.8. The Morgan fingerprint density at radius 3 is 2.00 bits per heavy atom. The monoisotopic (exact) mass is 501 g/mol. The summed E-state index contributed by atoms with van der Waals surface area (Å²) in [4.78, 5) is 0. The minimum absolute atomic E-state index is 1.08. The molecule has 1 nitrogen and oxygen atoms in total. The number of aryl methyl sites for hydroxylation is 1. The molecule has 21 heavy (non-hydrogen) atoms. The Morgan fingerprint density at radius 2 is 1.48 bits per heavy atom. The number of aromatic nitrogens is 1. The maximum absolute atomic E-state index is 3.81. The predicted molar refractivity (Wildman–Crippen MR) is 109 cm³/mol. The molecule has 0 aliphatic heterocycles. The zero-order valence-corrected chi connectivity index (χ0v) is 16.1. The Balaban J connectivity index is 2.13. The van der Waals surface area contributed by atoms with Gasteiger partial charge >= 0.3 is 0 Å². The molecule has 1 aromatic heterocycles. The van der Waals surface area contributed by atoms with Gasteiger partial charge in [-0.25, -0.2) is 0 Å². The van der Waals surface area contributed by atoms with Crippen LogP contribution in [0.1, 0.15) is 19.3 Å². The number of fused-ring (bicyclic) bond motifs is 3. The Labute approximate surface area is 152 Å². The van der Waals surface area contributed by atoms with E-state index in [1.54, 1.807) is 0 Å². The molecular formula is C18H17I2N. The van der Waals surface area contributed by atoms with Crippen molar-refractivity contribution in [3.63, 3.8) is 0 Å². The molecule has 108 valence electrons. The molecule has 0 aliphatic carbocycles. The Morgan fingerprint density at radius 1 is 0.905 bits per heavy atom. The van der Waals surface area contributed by atoms with E-state index in [4.69, 9.17) is 0 Å². The zero-order chi connectivity index (χ0) is 14.8. The average Bonchev–Trinajstić information content (AvgIpc) is 2.77.